The van der Waals surface area contributed by atoms with Crippen LogP contribution in [0.1, 0.15) is 18.3 Å². The predicted octanol–water partition coefficient (Wildman–Crippen LogP) is 2.72. The standard InChI is InChI=1S/C13H16N4OS/c1-10(8-12-15-13(14-2)19-17-12)16-18-9-11-6-4-3-5-7-11/h3-7H,8-9H2,1-2H3,(H,14,15,17)/b16-10+. The van der Waals surface area contributed by atoms with E-state index >= 15 is 0 Å². The molecule has 1 aromatic heterocycles. The van der Waals surface area contributed by atoms with Crippen molar-refractivity contribution in [3.05, 3.63) is 41.7 Å². The Morgan fingerprint density at radius 2 is 2.16 bits per heavy atom. The highest BCUT2D eigenvalue weighted by Gasteiger charge is 2.04. The van der Waals surface area contributed by atoms with Crippen molar-refractivity contribution in [1.82, 2.24) is 9.36 Å². The zero-order valence-electron chi connectivity index (χ0n) is 11.0. The van der Waals surface area contributed by atoms with Crippen LogP contribution in [0.15, 0.2) is 35.5 Å². The van der Waals surface area contributed by atoms with E-state index in [1.807, 2.05) is 44.3 Å². The molecule has 0 aliphatic heterocycles. The number of anilines is 1. The molecule has 1 N–H and O–H groups in total. The molecule has 0 amide bonds. The Labute approximate surface area is 116 Å². The van der Waals surface area contributed by atoms with Gasteiger partial charge in [-0.2, -0.15) is 4.37 Å². The largest absolute Gasteiger partial charge is 0.391 e. The molecule has 2 rings (SSSR count). The van der Waals surface area contributed by atoms with Gasteiger partial charge in [0.05, 0.1) is 12.1 Å². The number of oxime groups is 1. The second-order valence-electron chi connectivity index (χ2n) is 4.03. The summed E-state index contributed by atoms with van der Waals surface area (Å²) in [6.07, 6.45) is 0.604. The van der Waals surface area contributed by atoms with Crippen molar-refractivity contribution >= 4 is 22.4 Å². The molecule has 0 spiro atoms. The van der Waals surface area contributed by atoms with Gasteiger partial charge in [0.1, 0.15) is 12.4 Å². The summed E-state index contributed by atoms with van der Waals surface area (Å²) in [7, 11) is 1.83. The maximum Gasteiger partial charge on any atom is 0.202 e. The minimum absolute atomic E-state index is 0.477. The van der Waals surface area contributed by atoms with Crippen molar-refractivity contribution in [3.8, 4) is 0 Å². The van der Waals surface area contributed by atoms with Gasteiger partial charge in [-0.3, -0.25) is 0 Å². The summed E-state index contributed by atoms with van der Waals surface area (Å²) < 4.78 is 4.22. The van der Waals surface area contributed by atoms with Crippen LogP contribution in [0.3, 0.4) is 0 Å². The van der Waals surface area contributed by atoms with Gasteiger partial charge in [-0.25, -0.2) is 4.98 Å². The van der Waals surface area contributed by atoms with Gasteiger partial charge < -0.3 is 10.2 Å². The van der Waals surface area contributed by atoms with E-state index in [1.165, 1.54) is 11.5 Å². The van der Waals surface area contributed by atoms with Gasteiger partial charge in [-0.05, 0) is 12.5 Å². The molecule has 0 aliphatic carbocycles. The van der Waals surface area contributed by atoms with Gasteiger partial charge in [-0.1, -0.05) is 35.5 Å². The third-order valence-corrected chi connectivity index (χ3v) is 3.16. The molecule has 0 fully saturated rings. The molecular formula is C13H16N4OS. The summed E-state index contributed by atoms with van der Waals surface area (Å²) in [4.78, 5) is 9.60. The lowest BCUT2D eigenvalue weighted by Crippen LogP contribution is -2.01. The van der Waals surface area contributed by atoms with Crippen LogP contribution < -0.4 is 5.32 Å². The Kier molecular flexibility index (Phi) is 4.85. The minimum Gasteiger partial charge on any atom is -0.391 e. The Bertz CT molecular complexity index is 539. The van der Waals surface area contributed by atoms with E-state index in [1.54, 1.807) is 0 Å². The number of benzene rings is 1. The van der Waals surface area contributed by atoms with Crippen LogP contribution in [0.2, 0.25) is 0 Å². The molecule has 0 bridgehead atoms. The van der Waals surface area contributed by atoms with Crippen LogP contribution >= 0.6 is 11.5 Å². The summed E-state index contributed by atoms with van der Waals surface area (Å²) in [5, 5.41) is 7.84. The van der Waals surface area contributed by atoms with Crippen molar-refractivity contribution in [3.63, 3.8) is 0 Å². The Morgan fingerprint density at radius 1 is 1.37 bits per heavy atom. The molecule has 1 aromatic carbocycles. The third kappa shape index (κ3) is 4.33. The highest BCUT2D eigenvalue weighted by atomic mass is 32.1. The molecule has 0 radical (unpaired) electrons. The van der Waals surface area contributed by atoms with Crippen molar-refractivity contribution in [1.29, 1.82) is 0 Å². The lowest BCUT2D eigenvalue weighted by atomic mass is 10.2. The molecule has 100 valence electrons. The summed E-state index contributed by atoms with van der Waals surface area (Å²) >= 11 is 1.34. The van der Waals surface area contributed by atoms with E-state index in [9.17, 15) is 0 Å². The maximum absolute atomic E-state index is 5.31. The van der Waals surface area contributed by atoms with E-state index in [4.69, 9.17) is 4.84 Å². The molecule has 0 saturated carbocycles. The van der Waals surface area contributed by atoms with Crippen molar-refractivity contribution in [2.75, 3.05) is 12.4 Å². The summed E-state index contributed by atoms with van der Waals surface area (Å²) in [5.74, 6) is 0.763. The molecule has 6 heteroatoms. The zero-order chi connectivity index (χ0) is 13.5. The van der Waals surface area contributed by atoms with E-state index in [2.05, 4.69) is 19.8 Å². The molecule has 0 unspecified atom stereocenters. The molecule has 5 nitrogen and oxygen atoms in total. The average molecular weight is 276 g/mol. The van der Waals surface area contributed by atoms with E-state index in [-0.39, 0.29) is 0 Å². The van der Waals surface area contributed by atoms with Gasteiger partial charge in [0.15, 0.2) is 0 Å². The number of hydrogen-bond acceptors (Lipinski definition) is 6. The first-order chi connectivity index (χ1) is 9.28. The Hall–Kier alpha value is -1.95. The first-order valence-corrected chi connectivity index (χ1v) is 6.75. The molecule has 2 aromatic rings. The molecule has 1 heterocycles. The topological polar surface area (TPSA) is 59.4 Å². The molecule has 0 atom stereocenters. The monoisotopic (exact) mass is 276 g/mol. The van der Waals surface area contributed by atoms with Gasteiger partial charge in [0.2, 0.25) is 5.13 Å². The van der Waals surface area contributed by atoms with Crippen LogP contribution in [-0.4, -0.2) is 22.1 Å². The lowest BCUT2D eigenvalue weighted by Gasteiger charge is -2.01. The highest BCUT2D eigenvalue weighted by Crippen LogP contribution is 2.10. The molecule has 0 saturated heterocycles. The number of nitrogens with one attached hydrogen (secondary N) is 1. The SMILES string of the molecule is CNc1nc(C/C(C)=N/OCc2ccccc2)ns1. The third-order valence-electron chi connectivity index (χ3n) is 2.39. The first kappa shape index (κ1) is 13.5. The van der Waals surface area contributed by atoms with Crippen molar-refractivity contribution < 1.29 is 4.84 Å². The zero-order valence-corrected chi connectivity index (χ0v) is 11.8. The van der Waals surface area contributed by atoms with E-state index < -0.39 is 0 Å². The average Bonchev–Trinajstić information content (AvgIpc) is 2.87. The highest BCUT2D eigenvalue weighted by molar-refractivity contribution is 7.09. The quantitative estimate of drug-likeness (QED) is 0.651. The second-order valence-corrected chi connectivity index (χ2v) is 4.78. The normalized spacial score (nSPS) is 11.4. The van der Waals surface area contributed by atoms with Crippen molar-refractivity contribution in [2.24, 2.45) is 5.16 Å². The van der Waals surface area contributed by atoms with Crippen LogP contribution in [-0.2, 0) is 17.9 Å². The fourth-order valence-corrected chi connectivity index (χ4v) is 2.01. The van der Waals surface area contributed by atoms with Crippen LogP contribution in [0.25, 0.3) is 0 Å². The second kappa shape index (κ2) is 6.84. The Morgan fingerprint density at radius 3 is 2.84 bits per heavy atom. The smallest absolute Gasteiger partial charge is 0.202 e. The fraction of sp³-hybridized carbons (Fsp3) is 0.308. The van der Waals surface area contributed by atoms with Gasteiger partial charge in [0, 0.05) is 18.6 Å². The fourth-order valence-electron chi connectivity index (χ4n) is 1.48. The number of aromatic nitrogens is 2. The first-order valence-electron chi connectivity index (χ1n) is 5.97. The number of nitrogens with zero attached hydrogens (tertiary/aromatic N) is 3. The lowest BCUT2D eigenvalue weighted by molar-refractivity contribution is 0.130. The number of hydrogen-bond donors (Lipinski definition) is 1. The molecular weight excluding hydrogens is 260 g/mol. The maximum atomic E-state index is 5.31. The van der Waals surface area contributed by atoms with Crippen LogP contribution in [0.5, 0.6) is 0 Å². The molecule has 19 heavy (non-hydrogen) atoms. The van der Waals surface area contributed by atoms with Gasteiger partial charge >= 0.3 is 0 Å². The molecule has 0 aliphatic rings. The van der Waals surface area contributed by atoms with Gasteiger partial charge in [-0.15, -0.1) is 0 Å². The van der Waals surface area contributed by atoms with Crippen molar-refractivity contribution in [2.45, 2.75) is 20.0 Å². The predicted molar refractivity (Wildman–Crippen MR) is 77.5 cm³/mol. The minimum atomic E-state index is 0.477. The van der Waals surface area contributed by atoms with Gasteiger partial charge in [0.25, 0.3) is 0 Å². The summed E-state index contributed by atoms with van der Waals surface area (Å²) in [6.45, 7) is 2.38. The number of rotatable bonds is 6. The van der Waals surface area contributed by atoms with Crippen LogP contribution in [0.4, 0.5) is 5.13 Å². The van der Waals surface area contributed by atoms with E-state index in [0.29, 0.717) is 13.0 Å². The summed E-state index contributed by atoms with van der Waals surface area (Å²) in [6, 6.07) is 9.95. The van der Waals surface area contributed by atoms with Crippen LogP contribution in [0, 0.1) is 0 Å². The van der Waals surface area contributed by atoms with E-state index in [0.717, 1.165) is 22.2 Å². The summed E-state index contributed by atoms with van der Waals surface area (Å²) in [5.41, 5.74) is 1.96. The Balaban J connectivity index is 1.82.